The van der Waals surface area contributed by atoms with Gasteiger partial charge in [-0.2, -0.15) is 0 Å². The van der Waals surface area contributed by atoms with E-state index in [-0.39, 0.29) is 11.4 Å². The highest BCUT2D eigenvalue weighted by molar-refractivity contribution is 7.99. The van der Waals surface area contributed by atoms with Gasteiger partial charge in [-0.3, -0.25) is 4.79 Å². The normalized spacial score (nSPS) is 11.5. The van der Waals surface area contributed by atoms with Crippen LogP contribution in [0, 0.1) is 6.92 Å². The molecule has 0 aliphatic rings. The maximum atomic E-state index is 11.9. The van der Waals surface area contributed by atoms with Crippen LogP contribution in [0.3, 0.4) is 0 Å². The van der Waals surface area contributed by atoms with Gasteiger partial charge in [-0.25, -0.2) is 4.68 Å². The molecular weight excluding hydrogens is 342 g/mol. The Hall–Kier alpha value is -1.54. The summed E-state index contributed by atoms with van der Waals surface area (Å²) in [5, 5.41) is 15.2. The maximum absolute atomic E-state index is 11.9. The number of thioether (sulfide) groups is 2. The number of tetrazole rings is 1. The van der Waals surface area contributed by atoms with E-state index in [4.69, 9.17) is 0 Å². The van der Waals surface area contributed by atoms with E-state index in [1.54, 1.807) is 16.4 Å². The summed E-state index contributed by atoms with van der Waals surface area (Å²) in [4.78, 5) is 13.2. The number of carbonyl (C=O) groups excluding carboxylic acids is 1. The number of nitrogens with one attached hydrogen (secondary N) is 1. The Morgan fingerprint density at radius 1 is 1.21 bits per heavy atom. The molecule has 1 amide bonds. The highest BCUT2D eigenvalue weighted by Crippen LogP contribution is 2.21. The minimum absolute atomic E-state index is 0.00651. The molecule has 1 aromatic heterocycles. The molecule has 6 nitrogen and oxygen atoms in total. The predicted octanol–water partition coefficient (Wildman–Crippen LogP) is 2.74. The molecule has 0 saturated carbocycles. The maximum Gasteiger partial charge on any atom is 0.230 e. The average molecular weight is 366 g/mol. The Bertz CT molecular complexity index is 664. The fourth-order valence-electron chi connectivity index (χ4n) is 1.86. The molecule has 0 radical (unpaired) electrons. The van der Waals surface area contributed by atoms with Crippen LogP contribution < -0.4 is 5.32 Å². The molecule has 0 aliphatic heterocycles. The zero-order valence-electron chi connectivity index (χ0n) is 14.4. The van der Waals surface area contributed by atoms with Gasteiger partial charge in [0.2, 0.25) is 11.1 Å². The van der Waals surface area contributed by atoms with Gasteiger partial charge in [0.25, 0.3) is 0 Å². The molecule has 1 heterocycles. The molecular formula is C16H23N5OS2. The van der Waals surface area contributed by atoms with Gasteiger partial charge in [0.1, 0.15) is 0 Å². The summed E-state index contributed by atoms with van der Waals surface area (Å²) in [6.07, 6.45) is 0. The van der Waals surface area contributed by atoms with Crippen LogP contribution in [-0.4, -0.2) is 44.2 Å². The molecule has 0 bridgehead atoms. The van der Waals surface area contributed by atoms with Crippen LogP contribution in [0.25, 0.3) is 0 Å². The van der Waals surface area contributed by atoms with Gasteiger partial charge in [0.15, 0.2) is 0 Å². The molecule has 0 spiro atoms. The lowest BCUT2D eigenvalue weighted by Crippen LogP contribution is -2.28. The second kappa shape index (κ2) is 8.53. The molecule has 0 fully saturated rings. The van der Waals surface area contributed by atoms with Crippen molar-refractivity contribution in [1.29, 1.82) is 0 Å². The number of carbonyl (C=O) groups is 1. The first-order valence-corrected chi connectivity index (χ1v) is 9.71. The summed E-state index contributed by atoms with van der Waals surface area (Å²) < 4.78 is 1.73. The van der Waals surface area contributed by atoms with Crippen LogP contribution in [0.4, 0.5) is 0 Å². The molecule has 130 valence electrons. The second-order valence-electron chi connectivity index (χ2n) is 6.34. The fourth-order valence-corrected chi connectivity index (χ4v) is 3.52. The third kappa shape index (κ3) is 5.83. The number of aromatic nitrogens is 4. The summed E-state index contributed by atoms with van der Waals surface area (Å²) in [5.41, 5.74) is 1.05. The number of nitrogens with zero attached hydrogens (tertiary/aromatic N) is 4. The topological polar surface area (TPSA) is 72.7 Å². The smallest absolute Gasteiger partial charge is 0.230 e. The van der Waals surface area contributed by atoms with Gasteiger partial charge in [-0.15, -0.1) is 16.9 Å². The highest BCUT2D eigenvalue weighted by Gasteiger charge is 2.20. The largest absolute Gasteiger partial charge is 0.355 e. The number of aryl methyl sites for hydroxylation is 1. The van der Waals surface area contributed by atoms with Crippen LogP contribution in [0.1, 0.15) is 26.3 Å². The van der Waals surface area contributed by atoms with E-state index in [2.05, 4.69) is 52.0 Å². The van der Waals surface area contributed by atoms with Crippen molar-refractivity contribution in [3.63, 3.8) is 0 Å². The summed E-state index contributed by atoms with van der Waals surface area (Å²) in [6, 6.07) is 8.39. The third-order valence-corrected chi connectivity index (χ3v) is 5.06. The van der Waals surface area contributed by atoms with Crippen LogP contribution in [0.15, 0.2) is 34.3 Å². The Balaban J connectivity index is 1.69. The molecule has 1 aromatic carbocycles. The monoisotopic (exact) mass is 365 g/mol. The van der Waals surface area contributed by atoms with Crippen molar-refractivity contribution in [3.05, 3.63) is 29.8 Å². The van der Waals surface area contributed by atoms with Crippen LogP contribution in [-0.2, 0) is 10.3 Å². The number of rotatable bonds is 7. The molecule has 0 unspecified atom stereocenters. The summed E-state index contributed by atoms with van der Waals surface area (Å²) >= 11 is 3.09. The Labute approximate surface area is 151 Å². The summed E-state index contributed by atoms with van der Waals surface area (Å²) in [5.74, 6) is 1.15. The van der Waals surface area contributed by atoms with E-state index in [0.29, 0.717) is 17.5 Å². The molecule has 8 heteroatoms. The zero-order chi connectivity index (χ0) is 17.6. The molecule has 0 saturated heterocycles. The van der Waals surface area contributed by atoms with Gasteiger partial charge < -0.3 is 5.32 Å². The van der Waals surface area contributed by atoms with Gasteiger partial charge in [-0.1, -0.05) is 29.5 Å². The van der Waals surface area contributed by atoms with Crippen molar-refractivity contribution < 1.29 is 4.79 Å². The van der Waals surface area contributed by atoms with E-state index in [9.17, 15) is 4.79 Å². The minimum Gasteiger partial charge on any atom is -0.355 e. The molecule has 2 aromatic rings. The van der Waals surface area contributed by atoms with E-state index < -0.39 is 0 Å². The molecule has 1 N–H and O–H groups in total. The van der Waals surface area contributed by atoms with Crippen molar-refractivity contribution >= 4 is 29.4 Å². The van der Waals surface area contributed by atoms with E-state index in [1.807, 2.05) is 20.8 Å². The number of benzene rings is 1. The van der Waals surface area contributed by atoms with Crippen molar-refractivity contribution in [2.24, 2.45) is 0 Å². The van der Waals surface area contributed by atoms with Crippen molar-refractivity contribution in [1.82, 2.24) is 25.5 Å². The number of hydrogen-bond donors (Lipinski definition) is 1. The first-order valence-electron chi connectivity index (χ1n) is 7.74. The third-order valence-electron chi connectivity index (χ3n) is 3.12. The summed E-state index contributed by atoms with van der Waals surface area (Å²) in [6.45, 7) is 8.78. The quantitative estimate of drug-likeness (QED) is 0.601. The molecule has 0 aliphatic carbocycles. The molecule has 0 atom stereocenters. The highest BCUT2D eigenvalue weighted by atomic mass is 32.2. The van der Waals surface area contributed by atoms with Gasteiger partial charge in [0.05, 0.1) is 11.3 Å². The van der Waals surface area contributed by atoms with Crippen molar-refractivity contribution in [3.8, 4) is 0 Å². The lowest BCUT2D eigenvalue weighted by Gasteiger charge is -2.19. The average Bonchev–Trinajstić information content (AvgIpc) is 3.00. The number of amides is 1. The van der Waals surface area contributed by atoms with Gasteiger partial charge in [-0.05, 0) is 50.3 Å². The van der Waals surface area contributed by atoms with Gasteiger partial charge >= 0.3 is 0 Å². The zero-order valence-corrected chi connectivity index (χ0v) is 16.1. The first-order chi connectivity index (χ1) is 11.4. The van der Waals surface area contributed by atoms with Crippen molar-refractivity contribution in [2.45, 2.75) is 43.3 Å². The van der Waals surface area contributed by atoms with Crippen LogP contribution >= 0.6 is 23.5 Å². The SMILES string of the molecule is Cc1ccc(SCCNC(=O)CSc2nnnn2C(C)(C)C)cc1. The van der Waals surface area contributed by atoms with E-state index >= 15 is 0 Å². The second-order valence-corrected chi connectivity index (χ2v) is 8.46. The standard InChI is InChI=1S/C16H23N5OS2/c1-12-5-7-13(8-6-12)23-10-9-17-14(22)11-24-15-18-19-20-21(15)16(2,3)4/h5-8H,9-11H2,1-4H3,(H,17,22). The molecule has 2 rings (SSSR count). The molecule has 24 heavy (non-hydrogen) atoms. The lowest BCUT2D eigenvalue weighted by molar-refractivity contribution is -0.118. The fraction of sp³-hybridized carbons (Fsp3) is 0.500. The van der Waals surface area contributed by atoms with Gasteiger partial charge in [0, 0.05) is 17.2 Å². The first kappa shape index (κ1) is 18.8. The summed E-state index contributed by atoms with van der Waals surface area (Å²) in [7, 11) is 0. The van der Waals surface area contributed by atoms with Crippen molar-refractivity contribution in [2.75, 3.05) is 18.1 Å². The van der Waals surface area contributed by atoms with E-state index in [0.717, 1.165) is 5.75 Å². The predicted molar refractivity (Wildman–Crippen MR) is 98.4 cm³/mol. The lowest BCUT2D eigenvalue weighted by atomic mass is 10.1. The Morgan fingerprint density at radius 3 is 2.58 bits per heavy atom. The van der Waals surface area contributed by atoms with Crippen LogP contribution in [0.5, 0.6) is 0 Å². The minimum atomic E-state index is -0.201. The van der Waals surface area contributed by atoms with Crippen LogP contribution in [0.2, 0.25) is 0 Å². The Morgan fingerprint density at radius 2 is 1.92 bits per heavy atom. The van der Waals surface area contributed by atoms with E-state index in [1.165, 1.54) is 22.2 Å². The number of hydrogen-bond acceptors (Lipinski definition) is 6. The Kier molecular flexibility index (Phi) is 6.68.